The van der Waals surface area contributed by atoms with Crippen molar-refractivity contribution in [2.75, 3.05) is 0 Å². The van der Waals surface area contributed by atoms with Gasteiger partial charge in [0.15, 0.2) is 17.5 Å². The van der Waals surface area contributed by atoms with Gasteiger partial charge in [-0.05, 0) is 87.9 Å². The molecule has 0 amide bonds. The Morgan fingerprint density at radius 3 is 1.80 bits per heavy atom. The molecule has 288 valence electrons. The maximum atomic E-state index is 6.57. The SMILES string of the molecule is C=Cc1ccc(-c2ccccc2)cc1/C=C\CC1=C(c2nc(C3=CC=C(c4ccccc4)CC3)nc(-c3ccc(-c4ccccc4)cc3)n2)c2c(oc3ccccc23)CC1. The largest absolute Gasteiger partial charge is 0.460 e. The van der Waals surface area contributed by atoms with Gasteiger partial charge in [0, 0.05) is 28.5 Å². The maximum Gasteiger partial charge on any atom is 0.164 e. The number of furan rings is 1. The number of aryl methyl sites for hydroxylation is 1. The van der Waals surface area contributed by atoms with Crippen molar-refractivity contribution in [1.29, 1.82) is 0 Å². The van der Waals surface area contributed by atoms with Crippen LogP contribution >= 0.6 is 0 Å². The number of fused-ring (bicyclic) bond motifs is 3. The van der Waals surface area contributed by atoms with E-state index in [0.717, 1.165) is 87.8 Å². The lowest BCUT2D eigenvalue weighted by Gasteiger charge is -2.21. The molecular weight excluding hydrogens is 731 g/mol. The Morgan fingerprint density at radius 2 is 1.08 bits per heavy atom. The summed E-state index contributed by atoms with van der Waals surface area (Å²) in [5, 5.41) is 1.08. The van der Waals surface area contributed by atoms with Crippen LogP contribution in [0, 0.1) is 0 Å². The first-order valence-electron chi connectivity index (χ1n) is 20.8. The van der Waals surface area contributed by atoms with Crippen LogP contribution in [0.2, 0.25) is 0 Å². The highest BCUT2D eigenvalue weighted by Gasteiger charge is 2.29. The minimum absolute atomic E-state index is 0.656. The molecule has 2 heterocycles. The summed E-state index contributed by atoms with van der Waals surface area (Å²) >= 11 is 0. The van der Waals surface area contributed by atoms with Gasteiger partial charge in [0.1, 0.15) is 11.3 Å². The normalized spacial score (nSPS) is 13.9. The number of nitrogens with zero attached hydrogens (tertiary/aromatic N) is 3. The Balaban J connectivity index is 1.11. The molecule has 0 unspecified atom stereocenters. The van der Waals surface area contributed by atoms with Crippen LogP contribution in [-0.4, -0.2) is 15.0 Å². The highest BCUT2D eigenvalue weighted by atomic mass is 16.3. The minimum atomic E-state index is 0.656. The standard InChI is InChI=1S/C56H43N3O/c1-2-38-25-34-48(41-19-10-5-11-20-41)37-47(38)22-14-21-44-35-36-51-53(49-23-12-13-24-50(49)60-51)52(44)56-58-54(45-30-26-42(27-31-45)39-15-6-3-7-16-39)57-55(59-56)46-32-28-43(29-33-46)40-17-8-4-9-18-40/h2-20,22-28,30-32,34,37H,1,21,29,33,35-36H2/b22-14-. The van der Waals surface area contributed by atoms with Crippen molar-refractivity contribution < 1.29 is 4.42 Å². The lowest BCUT2D eigenvalue weighted by Crippen LogP contribution is -2.11. The summed E-state index contributed by atoms with van der Waals surface area (Å²) in [5.41, 5.74) is 15.8. The van der Waals surface area contributed by atoms with Crippen LogP contribution in [-0.2, 0) is 6.42 Å². The third-order valence-electron chi connectivity index (χ3n) is 11.7. The topological polar surface area (TPSA) is 51.8 Å². The monoisotopic (exact) mass is 773 g/mol. The van der Waals surface area contributed by atoms with E-state index in [2.05, 4.69) is 176 Å². The van der Waals surface area contributed by atoms with Crippen molar-refractivity contribution in [3.05, 3.63) is 228 Å². The second-order valence-corrected chi connectivity index (χ2v) is 15.4. The molecule has 0 aliphatic heterocycles. The number of rotatable bonds is 10. The molecule has 60 heavy (non-hydrogen) atoms. The molecule has 2 aromatic heterocycles. The van der Waals surface area contributed by atoms with Gasteiger partial charge in [-0.1, -0.05) is 188 Å². The van der Waals surface area contributed by atoms with Gasteiger partial charge < -0.3 is 4.42 Å². The van der Waals surface area contributed by atoms with E-state index in [1.165, 1.54) is 33.4 Å². The van der Waals surface area contributed by atoms with E-state index in [4.69, 9.17) is 19.4 Å². The van der Waals surface area contributed by atoms with Crippen molar-refractivity contribution in [1.82, 2.24) is 15.0 Å². The van der Waals surface area contributed by atoms with Gasteiger partial charge >= 0.3 is 0 Å². The predicted octanol–water partition coefficient (Wildman–Crippen LogP) is 14.4. The van der Waals surface area contributed by atoms with Gasteiger partial charge in [-0.25, -0.2) is 15.0 Å². The summed E-state index contributed by atoms with van der Waals surface area (Å²) in [7, 11) is 0. The summed E-state index contributed by atoms with van der Waals surface area (Å²) in [6.45, 7) is 4.13. The molecule has 4 nitrogen and oxygen atoms in total. The average molecular weight is 774 g/mol. The number of hydrogen-bond donors (Lipinski definition) is 0. The summed E-state index contributed by atoms with van der Waals surface area (Å²) in [5.74, 6) is 3.02. The van der Waals surface area contributed by atoms with Gasteiger partial charge in [-0.15, -0.1) is 0 Å². The van der Waals surface area contributed by atoms with E-state index < -0.39 is 0 Å². The van der Waals surface area contributed by atoms with Crippen molar-refractivity contribution in [3.63, 3.8) is 0 Å². The number of para-hydroxylation sites is 1. The van der Waals surface area contributed by atoms with Crippen molar-refractivity contribution in [3.8, 4) is 33.6 Å². The molecule has 2 aliphatic carbocycles. The molecule has 0 atom stereocenters. The van der Waals surface area contributed by atoms with Gasteiger partial charge in [0.25, 0.3) is 0 Å². The smallest absolute Gasteiger partial charge is 0.164 e. The fourth-order valence-corrected chi connectivity index (χ4v) is 8.55. The molecule has 6 aromatic carbocycles. The van der Waals surface area contributed by atoms with Crippen LogP contribution in [0.5, 0.6) is 0 Å². The number of benzene rings is 6. The van der Waals surface area contributed by atoms with Crippen molar-refractivity contribution in [2.45, 2.75) is 32.1 Å². The van der Waals surface area contributed by atoms with E-state index in [0.29, 0.717) is 17.5 Å². The molecule has 4 heteroatoms. The zero-order chi connectivity index (χ0) is 40.3. The zero-order valence-electron chi connectivity index (χ0n) is 33.4. The van der Waals surface area contributed by atoms with E-state index in [1.54, 1.807) is 0 Å². The fourth-order valence-electron chi connectivity index (χ4n) is 8.55. The third kappa shape index (κ3) is 7.40. The molecule has 0 bridgehead atoms. The number of hydrogen-bond acceptors (Lipinski definition) is 4. The third-order valence-corrected chi connectivity index (χ3v) is 11.7. The number of allylic oxidation sites excluding steroid dienone is 6. The minimum Gasteiger partial charge on any atom is -0.460 e. The van der Waals surface area contributed by atoms with Crippen LogP contribution in [0.4, 0.5) is 0 Å². The summed E-state index contributed by atoms with van der Waals surface area (Å²) in [6.07, 6.45) is 15.0. The van der Waals surface area contributed by atoms with Crippen LogP contribution in [0.25, 0.3) is 73.5 Å². The molecule has 8 aromatic rings. The highest BCUT2D eigenvalue weighted by molar-refractivity contribution is 5.98. The molecule has 0 fully saturated rings. The Kier molecular flexibility index (Phi) is 10.1. The first-order chi connectivity index (χ1) is 29.7. The summed E-state index contributed by atoms with van der Waals surface area (Å²) in [4.78, 5) is 16.0. The highest BCUT2D eigenvalue weighted by Crippen LogP contribution is 2.43. The average Bonchev–Trinajstić information content (AvgIpc) is 3.71. The quantitative estimate of drug-likeness (QED) is 0.139. The molecule has 0 saturated heterocycles. The molecule has 10 rings (SSSR count). The van der Waals surface area contributed by atoms with Crippen LogP contribution in [0.1, 0.15) is 65.3 Å². The molecule has 0 radical (unpaired) electrons. The van der Waals surface area contributed by atoms with Gasteiger partial charge in [-0.2, -0.15) is 0 Å². The Hall–Kier alpha value is -7.43. The van der Waals surface area contributed by atoms with E-state index >= 15 is 0 Å². The van der Waals surface area contributed by atoms with E-state index in [-0.39, 0.29) is 0 Å². The van der Waals surface area contributed by atoms with Crippen molar-refractivity contribution >= 4 is 39.8 Å². The Labute approximate surface area is 351 Å². The van der Waals surface area contributed by atoms with Crippen molar-refractivity contribution in [2.24, 2.45) is 0 Å². The molecule has 2 aliphatic rings. The van der Waals surface area contributed by atoms with E-state index in [1.807, 2.05) is 18.2 Å². The first-order valence-corrected chi connectivity index (χ1v) is 20.8. The fraction of sp³-hybridized carbons (Fsp3) is 0.0893. The van der Waals surface area contributed by atoms with E-state index in [9.17, 15) is 0 Å². The lowest BCUT2D eigenvalue weighted by atomic mass is 9.86. The second kappa shape index (κ2) is 16.4. The first kappa shape index (κ1) is 36.9. The van der Waals surface area contributed by atoms with Gasteiger partial charge in [0.2, 0.25) is 0 Å². The van der Waals surface area contributed by atoms with Crippen LogP contribution < -0.4 is 0 Å². The van der Waals surface area contributed by atoms with Crippen LogP contribution in [0.15, 0.2) is 193 Å². The predicted molar refractivity (Wildman–Crippen MR) is 249 cm³/mol. The van der Waals surface area contributed by atoms with Gasteiger partial charge in [0.05, 0.1) is 0 Å². The maximum absolute atomic E-state index is 6.57. The Morgan fingerprint density at radius 1 is 0.500 bits per heavy atom. The number of aromatic nitrogens is 3. The molecule has 0 saturated carbocycles. The molecular formula is C56H43N3O. The zero-order valence-corrected chi connectivity index (χ0v) is 33.4. The Bertz CT molecular complexity index is 2990. The summed E-state index contributed by atoms with van der Waals surface area (Å²) < 4.78 is 6.57. The molecule has 0 N–H and O–H groups in total. The lowest BCUT2D eigenvalue weighted by molar-refractivity contribution is 0.541. The second-order valence-electron chi connectivity index (χ2n) is 15.4. The van der Waals surface area contributed by atoms with Crippen LogP contribution in [0.3, 0.4) is 0 Å². The van der Waals surface area contributed by atoms with Gasteiger partial charge in [-0.3, -0.25) is 0 Å². The molecule has 0 spiro atoms. The summed E-state index contributed by atoms with van der Waals surface area (Å²) in [6, 6.07) is 55.1.